The number of benzene rings is 1. The first-order chi connectivity index (χ1) is 13.4. The van der Waals surface area contributed by atoms with Crippen LogP contribution >= 0.6 is 0 Å². The Labute approximate surface area is 164 Å². The Morgan fingerprint density at radius 1 is 1.29 bits per heavy atom. The fourth-order valence-corrected chi connectivity index (χ4v) is 4.02. The molecular weight excluding hydrogens is 378 g/mol. The van der Waals surface area contributed by atoms with E-state index < -0.39 is 15.8 Å². The highest BCUT2D eigenvalue weighted by molar-refractivity contribution is 7.85. The quantitative estimate of drug-likeness (QED) is 0.722. The monoisotopic (exact) mass is 401 g/mol. The third kappa shape index (κ3) is 3.76. The molecule has 8 heteroatoms. The van der Waals surface area contributed by atoms with Crippen molar-refractivity contribution >= 4 is 15.7 Å². The Kier molecular flexibility index (Phi) is 4.86. The summed E-state index contributed by atoms with van der Waals surface area (Å²) in [4.78, 5) is 0. The van der Waals surface area contributed by atoms with E-state index in [2.05, 4.69) is 33.7 Å². The molecule has 28 heavy (non-hydrogen) atoms. The molecule has 0 amide bonds. The zero-order valence-electron chi connectivity index (χ0n) is 15.9. The third-order valence-electron chi connectivity index (χ3n) is 5.17. The Balaban J connectivity index is 1.54. The minimum atomic E-state index is -3.56. The fraction of sp³-hybridized carbons (Fsp3) is 0.350. The summed E-state index contributed by atoms with van der Waals surface area (Å²) in [5.41, 5.74) is 5.64. The summed E-state index contributed by atoms with van der Waals surface area (Å²) < 4.78 is 32.9. The van der Waals surface area contributed by atoms with Crippen molar-refractivity contribution in [3.8, 4) is 11.3 Å². The summed E-state index contributed by atoms with van der Waals surface area (Å²) in [6, 6.07) is 8.44. The number of methoxy groups -OCH3 is 1. The summed E-state index contributed by atoms with van der Waals surface area (Å²) in [7, 11) is -2.07. The Hall–Kier alpha value is -2.42. The Morgan fingerprint density at radius 3 is 2.86 bits per heavy atom. The van der Waals surface area contributed by atoms with Crippen LogP contribution in [0.15, 0.2) is 42.6 Å². The van der Waals surface area contributed by atoms with Crippen LogP contribution in [0.1, 0.15) is 23.2 Å². The average Bonchev–Trinajstić information content (AvgIpc) is 3.35. The van der Waals surface area contributed by atoms with E-state index in [1.165, 1.54) is 30.2 Å². The molecule has 1 atom stereocenters. The average molecular weight is 401 g/mol. The van der Waals surface area contributed by atoms with Crippen LogP contribution in [0.4, 0.5) is 0 Å². The summed E-state index contributed by atoms with van der Waals surface area (Å²) in [6.07, 6.45) is 9.78. The van der Waals surface area contributed by atoms with Gasteiger partial charge in [0, 0.05) is 24.4 Å². The van der Waals surface area contributed by atoms with Crippen molar-refractivity contribution in [1.82, 2.24) is 15.5 Å². The lowest BCUT2D eigenvalue weighted by Gasteiger charge is -2.31. The number of H-pyrrole nitrogens is 1. The summed E-state index contributed by atoms with van der Waals surface area (Å²) in [5.74, 6) is 0. The predicted octanol–water partition coefficient (Wildman–Crippen LogP) is 2.38. The number of ether oxygens (including phenoxy) is 1. The topological polar surface area (TPSA) is 93.3 Å². The molecule has 1 aliphatic carbocycles. The number of aromatic nitrogens is 2. The zero-order chi connectivity index (χ0) is 19.8. The predicted molar refractivity (Wildman–Crippen MR) is 107 cm³/mol. The number of aryl methyl sites for hydroxylation is 1. The molecule has 2 N–H and O–H groups in total. The molecule has 0 saturated heterocycles. The van der Waals surface area contributed by atoms with E-state index in [-0.39, 0.29) is 6.61 Å². The van der Waals surface area contributed by atoms with Gasteiger partial charge in [0.05, 0.1) is 17.6 Å². The van der Waals surface area contributed by atoms with E-state index in [1.807, 2.05) is 12.1 Å². The van der Waals surface area contributed by atoms with Gasteiger partial charge < -0.3 is 10.1 Å². The van der Waals surface area contributed by atoms with Crippen LogP contribution in [0.3, 0.4) is 0 Å². The lowest BCUT2D eigenvalue weighted by atomic mass is 10.00. The highest BCUT2D eigenvalue weighted by Crippen LogP contribution is 2.33. The zero-order valence-corrected chi connectivity index (χ0v) is 16.7. The SMILES string of the molecule is COC1(COS(C)(=O)=O)C=CC(c2cc(-c3cccc4c3CCC4)[nH]n2)=CN1. The van der Waals surface area contributed by atoms with Crippen LogP contribution in [-0.2, 0) is 31.9 Å². The molecule has 2 heterocycles. The Bertz CT molecular complexity index is 1060. The first kappa shape index (κ1) is 18.9. The second-order valence-electron chi connectivity index (χ2n) is 7.10. The smallest absolute Gasteiger partial charge is 0.264 e. The molecule has 0 bridgehead atoms. The maximum Gasteiger partial charge on any atom is 0.264 e. The van der Waals surface area contributed by atoms with Gasteiger partial charge in [0.2, 0.25) is 0 Å². The summed E-state index contributed by atoms with van der Waals surface area (Å²) in [6.45, 7) is -0.162. The molecule has 4 rings (SSSR count). The Morgan fingerprint density at radius 2 is 2.14 bits per heavy atom. The van der Waals surface area contributed by atoms with Gasteiger partial charge >= 0.3 is 0 Å². The molecule has 2 aromatic rings. The van der Waals surface area contributed by atoms with E-state index in [0.29, 0.717) is 0 Å². The second kappa shape index (κ2) is 7.20. The van der Waals surface area contributed by atoms with Crippen LogP contribution in [-0.4, -0.2) is 44.3 Å². The second-order valence-corrected chi connectivity index (χ2v) is 8.74. The number of rotatable bonds is 6. The van der Waals surface area contributed by atoms with Crippen LogP contribution in [0, 0.1) is 0 Å². The number of allylic oxidation sites excluding steroid dienone is 2. The van der Waals surface area contributed by atoms with Crippen LogP contribution in [0.5, 0.6) is 0 Å². The van der Waals surface area contributed by atoms with Crippen molar-refractivity contribution in [3.63, 3.8) is 0 Å². The first-order valence-electron chi connectivity index (χ1n) is 9.13. The fourth-order valence-electron chi connectivity index (χ4n) is 3.63. The van der Waals surface area contributed by atoms with E-state index in [4.69, 9.17) is 8.92 Å². The highest BCUT2D eigenvalue weighted by atomic mass is 32.2. The number of dihydropyridines is 1. The summed E-state index contributed by atoms with van der Waals surface area (Å²) >= 11 is 0. The van der Waals surface area contributed by atoms with Gasteiger partial charge in [0.1, 0.15) is 6.61 Å². The van der Waals surface area contributed by atoms with E-state index in [9.17, 15) is 8.42 Å². The van der Waals surface area contributed by atoms with E-state index in [1.54, 1.807) is 12.3 Å². The number of fused-ring (bicyclic) bond motifs is 1. The number of hydrogen-bond acceptors (Lipinski definition) is 6. The van der Waals surface area contributed by atoms with Gasteiger partial charge in [-0.05, 0) is 42.5 Å². The minimum absolute atomic E-state index is 0.162. The van der Waals surface area contributed by atoms with Crippen molar-refractivity contribution in [2.45, 2.75) is 25.0 Å². The molecule has 1 aliphatic heterocycles. The number of nitrogens with zero attached hydrogens (tertiary/aromatic N) is 1. The molecule has 0 saturated carbocycles. The lowest BCUT2D eigenvalue weighted by molar-refractivity contribution is -0.0207. The normalized spacial score (nSPS) is 21.3. The molecule has 0 spiro atoms. The van der Waals surface area contributed by atoms with Crippen molar-refractivity contribution in [2.24, 2.45) is 0 Å². The van der Waals surface area contributed by atoms with Gasteiger partial charge in [-0.1, -0.05) is 24.3 Å². The maximum atomic E-state index is 11.3. The van der Waals surface area contributed by atoms with E-state index in [0.717, 1.165) is 36.1 Å². The van der Waals surface area contributed by atoms with Gasteiger partial charge in [0.25, 0.3) is 10.1 Å². The van der Waals surface area contributed by atoms with Gasteiger partial charge in [-0.15, -0.1) is 0 Å². The van der Waals surface area contributed by atoms with Crippen LogP contribution in [0.2, 0.25) is 0 Å². The molecular formula is C20H23N3O4S. The van der Waals surface area contributed by atoms with Gasteiger partial charge in [-0.3, -0.25) is 9.28 Å². The third-order valence-corrected chi connectivity index (χ3v) is 5.71. The van der Waals surface area contributed by atoms with Crippen LogP contribution in [0.25, 0.3) is 16.8 Å². The van der Waals surface area contributed by atoms with E-state index >= 15 is 0 Å². The maximum absolute atomic E-state index is 11.3. The molecule has 0 radical (unpaired) electrons. The molecule has 0 fully saturated rings. The highest BCUT2D eigenvalue weighted by Gasteiger charge is 2.30. The van der Waals surface area contributed by atoms with Gasteiger partial charge in [0.15, 0.2) is 5.72 Å². The van der Waals surface area contributed by atoms with Gasteiger partial charge in [-0.2, -0.15) is 13.5 Å². The molecule has 7 nitrogen and oxygen atoms in total. The molecule has 148 valence electrons. The van der Waals surface area contributed by atoms with Crippen molar-refractivity contribution in [2.75, 3.05) is 20.0 Å². The lowest BCUT2D eigenvalue weighted by Crippen LogP contribution is -2.48. The van der Waals surface area contributed by atoms with Crippen molar-refractivity contribution in [1.29, 1.82) is 0 Å². The summed E-state index contributed by atoms with van der Waals surface area (Å²) in [5, 5.41) is 10.7. The standard InChI is InChI=1S/C20H23N3O4S/c1-26-20(13-27-28(2,24)25)10-9-15(12-21-20)18-11-19(23-22-18)17-8-4-6-14-5-3-7-16(14)17/h4,6,8-12,21H,3,5,7,13H2,1-2H3,(H,22,23). The molecule has 2 aliphatic rings. The number of nitrogens with one attached hydrogen (secondary N) is 2. The molecule has 1 aromatic carbocycles. The van der Waals surface area contributed by atoms with Crippen molar-refractivity contribution in [3.05, 3.63) is 59.4 Å². The number of hydrogen-bond donors (Lipinski definition) is 2. The van der Waals surface area contributed by atoms with Gasteiger partial charge in [-0.25, -0.2) is 0 Å². The van der Waals surface area contributed by atoms with Crippen LogP contribution < -0.4 is 5.32 Å². The number of aromatic amines is 1. The minimum Gasteiger partial charge on any atom is -0.358 e. The molecule has 1 unspecified atom stereocenters. The first-order valence-corrected chi connectivity index (χ1v) is 10.9. The van der Waals surface area contributed by atoms with Crippen molar-refractivity contribution < 1.29 is 17.3 Å². The largest absolute Gasteiger partial charge is 0.358 e. The molecule has 1 aromatic heterocycles.